The Morgan fingerprint density at radius 3 is 2.65 bits per heavy atom. The van der Waals surface area contributed by atoms with E-state index in [9.17, 15) is 4.21 Å². The van der Waals surface area contributed by atoms with Gasteiger partial charge in [0.2, 0.25) is 0 Å². The first-order chi connectivity index (χ1) is 9.63. The average molecular weight is 334 g/mol. The summed E-state index contributed by atoms with van der Waals surface area (Å²) < 4.78 is 12.9. The van der Waals surface area contributed by atoms with Crippen LogP contribution in [0.4, 0.5) is 0 Å². The van der Waals surface area contributed by atoms with E-state index in [4.69, 9.17) is 23.2 Å². The number of hydrogen-bond donors (Lipinski definition) is 1. The van der Waals surface area contributed by atoms with Crippen molar-refractivity contribution < 1.29 is 4.21 Å². The number of rotatable bonds is 4. The summed E-state index contributed by atoms with van der Waals surface area (Å²) in [4.78, 5) is 0.786. The lowest BCUT2D eigenvalue weighted by Gasteiger charge is -2.25. The van der Waals surface area contributed by atoms with Gasteiger partial charge in [-0.1, -0.05) is 49.4 Å². The highest BCUT2D eigenvalue weighted by atomic mass is 35.5. The van der Waals surface area contributed by atoms with E-state index in [1.807, 2.05) is 6.07 Å². The molecule has 3 unspecified atom stereocenters. The Bertz CT molecular complexity index is 481. The van der Waals surface area contributed by atoms with E-state index in [0.29, 0.717) is 16.1 Å². The fraction of sp³-hybridized carbons (Fsp3) is 0.600. The van der Waals surface area contributed by atoms with E-state index >= 15 is 0 Å². The SMILES string of the molecule is CCNC1CCCCCC1S(=O)c1ccc(Cl)c(Cl)c1. The van der Waals surface area contributed by atoms with Crippen molar-refractivity contribution in [2.75, 3.05) is 6.54 Å². The van der Waals surface area contributed by atoms with Crippen molar-refractivity contribution >= 4 is 34.0 Å². The second-order valence-electron chi connectivity index (χ2n) is 5.21. The van der Waals surface area contributed by atoms with Gasteiger partial charge in [-0.05, 0) is 37.6 Å². The standard InChI is InChI=1S/C15H21Cl2NOS/c1-2-18-14-6-4-3-5-7-15(14)20(19)11-8-9-12(16)13(17)10-11/h8-10,14-15,18H,2-7H2,1H3. The maximum Gasteiger partial charge on any atom is 0.0604 e. The maximum absolute atomic E-state index is 12.9. The molecule has 0 aliphatic heterocycles. The first kappa shape index (κ1) is 16.3. The van der Waals surface area contributed by atoms with Crippen LogP contribution in [0.15, 0.2) is 23.1 Å². The third-order valence-electron chi connectivity index (χ3n) is 3.82. The van der Waals surface area contributed by atoms with Crippen LogP contribution in [-0.4, -0.2) is 22.0 Å². The highest BCUT2D eigenvalue weighted by molar-refractivity contribution is 7.85. The van der Waals surface area contributed by atoms with Gasteiger partial charge in [-0.15, -0.1) is 0 Å². The molecular formula is C15H21Cl2NOS. The molecule has 0 spiro atoms. The van der Waals surface area contributed by atoms with Crippen LogP contribution in [-0.2, 0) is 10.8 Å². The van der Waals surface area contributed by atoms with Gasteiger partial charge in [0.15, 0.2) is 0 Å². The molecule has 1 fully saturated rings. The zero-order valence-corrected chi connectivity index (χ0v) is 14.0. The first-order valence-corrected chi connectivity index (χ1v) is 9.19. The van der Waals surface area contributed by atoms with Crippen LogP contribution in [0.5, 0.6) is 0 Å². The van der Waals surface area contributed by atoms with E-state index in [1.165, 1.54) is 12.8 Å². The maximum atomic E-state index is 12.9. The number of benzene rings is 1. The molecule has 2 nitrogen and oxygen atoms in total. The van der Waals surface area contributed by atoms with Crippen molar-refractivity contribution in [3.8, 4) is 0 Å². The van der Waals surface area contributed by atoms with Gasteiger partial charge in [-0.3, -0.25) is 4.21 Å². The largest absolute Gasteiger partial charge is 0.313 e. The Morgan fingerprint density at radius 2 is 1.95 bits per heavy atom. The van der Waals surface area contributed by atoms with Crippen molar-refractivity contribution in [1.82, 2.24) is 5.32 Å². The summed E-state index contributed by atoms with van der Waals surface area (Å²) in [6.45, 7) is 3.02. The molecule has 1 saturated carbocycles. The minimum Gasteiger partial charge on any atom is -0.313 e. The van der Waals surface area contributed by atoms with Crippen molar-refractivity contribution in [3.05, 3.63) is 28.2 Å². The van der Waals surface area contributed by atoms with Gasteiger partial charge < -0.3 is 5.32 Å². The molecular weight excluding hydrogens is 313 g/mol. The lowest BCUT2D eigenvalue weighted by Crippen LogP contribution is -2.41. The number of hydrogen-bond acceptors (Lipinski definition) is 2. The average Bonchev–Trinajstić information content (AvgIpc) is 2.67. The van der Waals surface area contributed by atoms with Crippen LogP contribution in [0, 0.1) is 0 Å². The van der Waals surface area contributed by atoms with Crippen LogP contribution in [0.1, 0.15) is 39.0 Å². The topological polar surface area (TPSA) is 29.1 Å². The minimum absolute atomic E-state index is 0.162. The molecule has 1 aromatic rings. The molecule has 0 radical (unpaired) electrons. The second-order valence-corrected chi connectivity index (χ2v) is 7.70. The molecule has 0 heterocycles. The highest BCUT2D eigenvalue weighted by Gasteiger charge is 2.29. The normalized spacial score (nSPS) is 25.1. The van der Waals surface area contributed by atoms with Gasteiger partial charge in [-0.2, -0.15) is 0 Å². The van der Waals surface area contributed by atoms with Gasteiger partial charge in [0.25, 0.3) is 0 Å². The van der Waals surface area contributed by atoms with Crippen molar-refractivity contribution in [2.24, 2.45) is 0 Å². The fourth-order valence-electron chi connectivity index (χ4n) is 2.80. The molecule has 5 heteroatoms. The summed E-state index contributed by atoms with van der Waals surface area (Å²) in [5, 5.41) is 4.65. The molecule has 0 amide bonds. The summed E-state index contributed by atoms with van der Waals surface area (Å²) in [6.07, 6.45) is 5.71. The van der Waals surface area contributed by atoms with Gasteiger partial charge >= 0.3 is 0 Å². The lowest BCUT2D eigenvalue weighted by atomic mass is 10.1. The highest BCUT2D eigenvalue weighted by Crippen LogP contribution is 2.29. The summed E-state index contributed by atoms with van der Waals surface area (Å²) >= 11 is 12.0. The van der Waals surface area contributed by atoms with E-state index in [0.717, 1.165) is 30.7 Å². The summed E-state index contributed by atoms with van der Waals surface area (Å²) in [5.41, 5.74) is 0. The van der Waals surface area contributed by atoms with Crippen LogP contribution in [0.3, 0.4) is 0 Å². The molecule has 112 valence electrons. The van der Waals surface area contributed by atoms with E-state index in [2.05, 4.69) is 12.2 Å². The Hall–Kier alpha value is -0.0900. The zero-order valence-electron chi connectivity index (χ0n) is 11.7. The Morgan fingerprint density at radius 1 is 1.20 bits per heavy atom. The van der Waals surface area contributed by atoms with Crippen LogP contribution < -0.4 is 5.32 Å². The number of halogens is 2. The first-order valence-electron chi connectivity index (χ1n) is 7.22. The van der Waals surface area contributed by atoms with Gasteiger partial charge in [0.05, 0.1) is 26.1 Å². The molecule has 1 aliphatic carbocycles. The fourth-order valence-corrected chi connectivity index (χ4v) is 4.86. The lowest BCUT2D eigenvalue weighted by molar-refractivity contribution is 0.474. The summed E-state index contributed by atoms with van der Waals surface area (Å²) in [5.74, 6) is 0. The van der Waals surface area contributed by atoms with E-state index in [-0.39, 0.29) is 5.25 Å². The summed E-state index contributed by atoms with van der Waals surface area (Å²) in [6, 6.07) is 5.64. The quantitative estimate of drug-likeness (QED) is 0.826. The van der Waals surface area contributed by atoms with Gasteiger partial charge in [0, 0.05) is 10.9 Å². The second kappa shape index (κ2) is 7.79. The van der Waals surface area contributed by atoms with Crippen molar-refractivity contribution in [1.29, 1.82) is 0 Å². The van der Waals surface area contributed by atoms with E-state index in [1.54, 1.807) is 12.1 Å². The predicted octanol–water partition coefficient (Wildman–Crippen LogP) is 4.41. The van der Waals surface area contributed by atoms with Crippen molar-refractivity contribution in [2.45, 2.75) is 55.2 Å². The molecule has 0 saturated heterocycles. The zero-order chi connectivity index (χ0) is 14.5. The van der Waals surface area contributed by atoms with Crippen LogP contribution in [0.2, 0.25) is 10.0 Å². The third kappa shape index (κ3) is 3.97. The molecule has 20 heavy (non-hydrogen) atoms. The van der Waals surface area contributed by atoms with Crippen LogP contribution >= 0.6 is 23.2 Å². The smallest absolute Gasteiger partial charge is 0.0604 e. The Balaban J connectivity index is 2.21. The number of nitrogens with one attached hydrogen (secondary N) is 1. The van der Waals surface area contributed by atoms with Gasteiger partial charge in [-0.25, -0.2) is 0 Å². The Kier molecular flexibility index (Phi) is 6.34. The molecule has 3 atom stereocenters. The molecule has 2 rings (SSSR count). The molecule has 0 aromatic heterocycles. The predicted molar refractivity (Wildman–Crippen MR) is 87.2 cm³/mol. The molecule has 0 bridgehead atoms. The third-order valence-corrected chi connectivity index (χ3v) is 6.39. The van der Waals surface area contributed by atoms with Crippen LogP contribution in [0.25, 0.3) is 0 Å². The van der Waals surface area contributed by atoms with E-state index < -0.39 is 10.8 Å². The Labute approximate surface area is 133 Å². The molecule has 1 aliphatic rings. The monoisotopic (exact) mass is 333 g/mol. The van der Waals surface area contributed by atoms with Gasteiger partial charge in [0.1, 0.15) is 0 Å². The molecule has 1 N–H and O–H groups in total. The minimum atomic E-state index is -1.04. The summed E-state index contributed by atoms with van der Waals surface area (Å²) in [7, 11) is -1.04. The van der Waals surface area contributed by atoms with Crippen molar-refractivity contribution in [3.63, 3.8) is 0 Å². The molecule has 1 aromatic carbocycles.